The van der Waals surface area contributed by atoms with Crippen LogP contribution in [0.5, 0.6) is 11.5 Å². The minimum atomic E-state index is -1.02. The van der Waals surface area contributed by atoms with Crippen molar-refractivity contribution in [2.24, 2.45) is 5.92 Å². The molecule has 4 atom stereocenters. The van der Waals surface area contributed by atoms with Gasteiger partial charge in [0.1, 0.15) is 11.5 Å². The van der Waals surface area contributed by atoms with Gasteiger partial charge in [0.05, 0.1) is 19.3 Å². The molecule has 1 N–H and O–H groups in total. The number of hydrogen-bond donors (Lipinski definition) is 1. The van der Waals surface area contributed by atoms with Gasteiger partial charge in [-0.15, -0.1) is 0 Å². The van der Waals surface area contributed by atoms with Crippen molar-refractivity contribution in [1.82, 2.24) is 0 Å². The van der Waals surface area contributed by atoms with Crippen LogP contribution in [0.1, 0.15) is 54.5 Å². The number of rotatable bonds is 7. The van der Waals surface area contributed by atoms with Crippen molar-refractivity contribution in [3.8, 4) is 11.5 Å². The summed E-state index contributed by atoms with van der Waals surface area (Å²) < 4.78 is 17.6. The Morgan fingerprint density at radius 1 is 1.19 bits per heavy atom. The first-order chi connectivity index (χ1) is 14.7. The second-order valence-electron chi connectivity index (χ2n) is 8.49. The first-order valence-corrected chi connectivity index (χ1v) is 10.6. The minimum absolute atomic E-state index is 0.0266. The fourth-order valence-electron chi connectivity index (χ4n) is 4.31. The SMILES string of the molecule is C=C(C)[C@H]1C[C@H](c2ccc(C)c(C)c2)[C@H](C)O[C@@H]1c1cc(OC)ccc1OCC(=O)O. The van der Waals surface area contributed by atoms with Crippen LogP contribution < -0.4 is 9.47 Å². The molecule has 166 valence electrons. The van der Waals surface area contributed by atoms with Gasteiger partial charge in [0.25, 0.3) is 0 Å². The van der Waals surface area contributed by atoms with Crippen molar-refractivity contribution in [3.63, 3.8) is 0 Å². The fraction of sp³-hybridized carbons (Fsp3) is 0.423. The van der Waals surface area contributed by atoms with Gasteiger partial charge in [0.2, 0.25) is 0 Å². The first-order valence-electron chi connectivity index (χ1n) is 10.6. The molecule has 5 nitrogen and oxygen atoms in total. The highest BCUT2D eigenvalue weighted by atomic mass is 16.5. The number of hydrogen-bond acceptors (Lipinski definition) is 4. The predicted octanol–water partition coefficient (Wildman–Crippen LogP) is 5.60. The zero-order chi connectivity index (χ0) is 22.7. The number of carboxylic acids is 1. The molecule has 3 rings (SSSR count). The summed E-state index contributed by atoms with van der Waals surface area (Å²) in [4.78, 5) is 11.1. The van der Waals surface area contributed by atoms with Gasteiger partial charge in [-0.3, -0.25) is 0 Å². The van der Waals surface area contributed by atoms with Crippen LogP contribution in [0.3, 0.4) is 0 Å². The molecule has 0 bridgehead atoms. The molecule has 0 amide bonds. The summed E-state index contributed by atoms with van der Waals surface area (Å²) in [6.45, 7) is 12.2. The van der Waals surface area contributed by atoms with Crippen LogP contribution in [-0.4, -0.2) is 30.9 Å². The second kappa shape index (κ2) is 9.56. The molecular weight excluding hydrogens is 392 g/mol. The molecule has 0 saturated carbocycles. The molecule has 0 spiro atoms. The van der Waals surface area contributed by atoms with E-state index in [1.807, 2.05) is 13.0 Å². The predicted molar refractivity (Wildman–Crippen MR) is 121 cm³/mol. The smallest absolute Gasteiger partial charge is 0.341 e. The Morgan fingerprint density at radius 2 is 1.94 bits per heavy atom. The number of carbonyl (C=O) groups is 1. The van der Waals surface area contributed by atoms with Crippen molar-refractivity contribution >= 4 is 5.97 Å². The van der Waals surface area contributed by atoms with E-state index in [1.165, 1.54) is 16.7 Å². The van der Waals surface area contributed by atoms with E-state index in [4.69, 9.17) is 19.3 Å². The molecule has 0 radical (unpaired) electrons. The number of ether oxygens (including phenoxy) is 3. The summed E-state index contributed by atoms with van der Waals surface area (Å²) in [6.07, 6.45) is 0.564. The summed E-state index contributed by atoms with van der Waals surface area (Å²) in [5.41, 5.74) is 5.64. The van der Waals surface area contributed by atoms with E-state index in [0.717, 1.165) is 17.6 Å². The normalized spacial score (nSPS) is 23.3. The maximum atomic E-state index is 11.1. The lowest BCUT2D eigenvalue weighted by Crippen LogP contribution is -2.34. The number of benzene rings is 2. The van der Waals surface area contributed by atoms with Crippen molar-refractivity contribution in [1.29, 1.82) is 0 Å². The van der Waals surface area contributed by atoms with E-state index in [-0.39, 0.29) is 24.0 Å². The quantitative estimate of drug-likeness (QED) is 0.586. The third-order valence-corrected chi connectivity index (χ3v) is 6.27. The Morgan fingerprint density at radius 3 is 2.55 bits per heavy atom. The molecule has 1 aliphatic rings. The van der Waals surface area contributed by atoms with Crippen molar-refractivity contribution in [2.45, 2.75) is 52.2 Å². The van der Waals surface area contributed by atoms with Crippen LogP contribution in [0.25, 0.3) is 0 Å². The maximum absolute atomic E-state index is 11.1. The highest BCUT2D eigenvalue weighted by Gasteiger charge is 2.39. The van der Waals surface area contributed by atoms with Crippen LogP contribution in [-0.2, 0) is 9.53 Å². The Labute approximate surface area is 184 Å². The molecule has 31 heavy (non-hydrogen) atoms. The minimum Gasteiger partial charge on any atom is -0.497 e. The van der Waals surface area contributed by atoms with E-state index >= 15 is 0 Å². The lowest BCUT2D eigenvalue weighted by Gasteiger charge is -2.42. The molecule has 1 saturated heterocycles. The van der Waals surface area contributed by atoms with E-state index in [1.54, 1.807) is 19.2 Å². The lowest BCUT2D eigenvalue weighted by molar-refractivity contribution is -0.139. The molecule has 1 fully saturated rings. The third kappa shape index (κ3) is 5.10. The number of aliphatic carboxylic acids is 1. The Kier molecular flexibility index (Phi) is 7.06. The molecule has 5 heteroatoms. The van der Waals surface area contributed by atoms with Crippen LogP contribution in [0.2, 0.25) is 0 Å². The fourth-order valence-corrected chi connectivity index (χ4v) is 4.31. The van der Waals surface area contributed by atoms with Gasteiger partial charge in [-0.2, -0.15) is 0 Å². The molecule has 1 aliphatic heterocycles. The zero-order valence-corrected chi connectivity index (χ0v) is 19.0. The average molecular weight is 425 g/mol. The summed E-state index contributed by atoms with van der Waals surface area (Å²) in [6, 6.07) is 12.0. The van der Waals surface area contributed by atoms with Crippen LogP contribution in [0.4, 0.5) is 0 Å². The van der Waals surface area contributed by atoms with Gasteiger partial charge in [0.15, 0.2) is 6.61 Å². The maximum Gasteiger partial charge on any atom is 0.341 e. The van der Waals surface area contributed by atoms with Crippen LogP contribution in [0, 0.1) is 19.8 Å². The van der Waals surface area contributed by atoms with E-state index < -0.39 is 12.6 Å². The summed E-state index contributed by atoms with van der Waals surface area (Å²) >= 11 is 0. The number of carboxylic acid groups (broad SMARTS) is 1. The molecule has 1 heterocycles. The molecule has 2 aromatic rings. The van der Waals surface area contributed by atoms with Crippen LogP contribution in [0.15, 0.2) is 48.6 Å². The second-order valence-corrected chi connectivity index (χ2v) is 8.49. The Hall–Kier alpha value is -2.79. The molecule has 2 aromatic carbocycles. The summed E-state index contributed by atoms with van der Waals surface area (Å²) in [5, 5.41) is 9.07. The van der Waals surface area contributed by atoms with Crippen molar-refractivity contribution < 1.29 is 24.1 Å². The highest BCUT2D eigenvalue weighted by Crippen LogP contribution is 2.48. The largest absolute Gasteiger partial charge is 0.497 e. The van der Waals surface area contributed by atoms with Gasteiger partial charge >= 0.3 is 5.97 Å². The van der Waals surface area contributed by atoms with Gasteiger partial charge in [-0.05, 0) is 69.0 Å². The zero-order valence-electron chi connectivity index (χ0n) is 19.0. The molecule has 0 aliphatic carbocycles. The standard InChI is InChI=1S/C26H32O5/c1-15(2)21-13-22(19-8-7-16(3)17(4)11-19)18(5)31-26(21)23-12-20(29-6)9-10-24(23)30-14-25(27)28/h7-12,18,21-22,26H,1,13-14H2,2-6H3,(H,27,28)/t18-,21+,22-,26-/m0/s1. The number of aryl methyl sites for hydroxylation is 2. The number of methoxy groups -OCH3 is 1. The van der Waals surface area contributed by atoms with E-state index in [0.29, 0.717) is 11.5 Å². The highest BCUT2D eigenvalue weighted by molar-refractivity contribution is 5.68. The first kappa shape index (κ1) is 22.9. The van der Waals surface area contributed by atoms with Crippen molar-refractivity contribution in [2.75, 3.05) is 13.7 Å². The Balaban J connectivity index is 1.97. The van der Waals surface area contributed by atoms with E-state index in [9.17, 15) is 4.79 Å². The summed E-state index contributed by atoms with van der Waals surface area (Å²) in [5.74, 6) is 0.446. The van der Waals surface area contributed by atoms with Gasteiger partial charge in [-0.25, -0.2) is 4.79 Å². The topological polar surface area (TPSA) is 65.0 Å². The monoisotopic (exact) mass is 424 g/mol. The van der Waals surface area contributed by atoms with Crippen LogP contribution >= 0.6 is 0 Å². The third-order valence-electron chi connectivity index (χ3n) is 6.27. The van der Waals surface area contributed by atoms with Gasteiger partial charge in [0, 0.05) is 17.4 Å². The van der Waals surface area contributed by atoms with Crippen molar-refractivity contribution in [3.05, 3.63) is 70.8 Å². The van der Waals surface area contributed by atoms with Gasteiger partial charge in [-0.1, -0.05) is 30.4 Å². The molecule has 0 aromatic heterocycles. The average Bonchev–Trinajstić information content (AvgIpc) is 2.73. The molecular formula is C26H32O5. The summed E-state index contributed by atoms with van der Waals surface area (Å²) in [7, 11) is 1.60. The molecule has 0 unspecified atom stereocenters. The van der Waals surface area contributed by atoms with Gasteiger partial charge < -0.3 is 19.3 Å². The Bertz CT molecular complexity index is 964. The van der Waals surface area contributed by atoms with E-state index in [2.05, 4.69) is 45.5 Å². The lowest BCUT2D eigenvalue weighted by atomic mass is 9.75.